The lowest BCUT2D eigenvalue weighted by molar-refractivity contribution is -0.0248. The maximum absolute atomic E-state index is 13.2. The zero-order valence-electron chi connectivity index (χ0n) is 19.2. The van der Waals surface area contributed by atoms with Gasteiger partial charge in [-0.3, -0.25) is 18.9 Å². The van der Waals surface area contributed by atoms with Gasteiger partial charge in [-0.05, 0) is 31.4 Å². The van der Waals surface area contributed by atoms with Crippen molar-refractivity contribution >= 4 is 13.3 Å². The van der Waals surface area contributed by atoms with Crippen LogP contribution in [0.25, 0.3) is 10.4 Å². The summed E-state index contributed by atoms with van der Waals surface area (Å²) >= 11 is 0. The molecule has 1 aromatic carbocycles. The van der Waals surface area contributed by atoms with Crippen LogP contribution >= 0.6 is 7.60 Å². The van der Waals surface area contributed by atoms with Crippen LogP contribution in [0.3, 0.4) is 0 Å². The molecule has 0 bridgehead atoms. The van der Waals surface area contributed by atoms with Gasteiger partial charge < -0.3 is 14.0 Å². The summed E-state index contributed by atoms with van der Waals surface area (Å²) in [6.07, 6.45) is -0.0371. The molecule has 2 heterocycles. The number of nitrogens with zero attached hydrogens (tertiary/aromatic N) is 4. The smallest absolute Gasteiger partial charge is 0.438 e. The minimum atomic E-state index is -4.37. The molecule has 1 aliphatic rings. The molecule has 1 aromatic heterocycles. The van der Waals surface area contributed by atoms with E-state index in [-0.39, 0.29) is 25.2 Å². The second-order valence-corrected chi connectivity index (χ2v) is 9.55. The van der Waals surface area contributed by atoms with Crippen LogP contribution in [0, 0.1) is 6.92 Å². The van der Waals surface area contributed by atoms with Crippen molar-refractivity contribution in [3.05, 3.63) is 78.9 Å². The third-order valence-electron chi connectivity index (χ3n) is 5.26. The molecular weight excluding hydrogens is 481 g/mol. The van der Waals surface area contributed by atoms with Crippen LogP contribution in [0.15, 0.2) is 51.2 Å². The highest BCUT2D eigenvalue weighted by molar-refractivity contribution is 7.71. The predicted molar refractivity (Wildman–Crippen MR) is 124 cm³/mol. The van der Waals surface area contributed by atoms with Gasteiger partial charge in [0.25, 0.3) is 5.56 Å². The number of hydrogen-bond donors (Lipinski definition) is 1. The number of hydrogen-bond acceptors (Lipinski definition) is 9. The van der Waals surface area contributed by atoms with Gasteiger partial charge in [0.2, 0.25) is 0 Å². The van der Waals surface area contributed by atoms with Crippen LogP contribution in [-0.4, -0.2) is 47.2 Å². The largest absolute Gasteiger partial charge is 0.457 e. The molecule has 13 nitrogen and oxygen atoms in total. The molecule has 14 heteroatoms. The number of rotatable bonds is 11. The highest BCUT2D eigenvalue weighted by Gasteiger charge is 2.42. The number of aromatic nitrogens is 2. The molecule has 2 aromatic rings. The van der Waals surface area contributed by atoms with E-state index in [0.29, 0.717) is 6.42 Å². The van der Waals surface area contributed by atoms with Gasteiger partial charge in [0.1, 0.15) is 6.23 Å². The average molecular weight is 507 g/mol. The van der Waals surface area contributed by atoms with Crippen molar-refractivity contribution in [3.63, 3.8) is 0 Å². The maximum Gasteiger partial charge on any atom is 0.438 e. The highest BCUT2D eigenvalue weighted by Crippen LogP contribution is 2.51. The van der Waals surface area contributed by atoms with Gasteiger partial charge in [-0.25, -0.2) is 14.2 Å². The van der Waals surface area contributed by atoms with Gasteiger partial charge in [0, 0.05) is 23.1 Å². The summed E-state index contributed by atoms with van der Waals surface area (Å²) in [5.74, 6) is 0. The van der Waals surface area contributed by atoms with Crippen LogP contribution in [-0.2, 0) is 29.5 Å². The molecule has 1 unspecified atom stereocenters. The van der Waals surface area contributed by atoms with E-state index in [1.807, 2.05) is 30.3 Å². The van der Waals surface area contributed by atoms with E-state index in [1.54, 1.807) is 6.92 Å². The van der Waals surface area contributed by atoms with Crippen molar-refractivity contribution in [2.45, 2.75) is 45.1 Å². The molecule has 1 saturated heterocycles. The van der Waals surface area contributed by atoms with Gasteiger partial charge in [-0.1, -0.05) is 35.4 Å². The van der Waals surface area contributed by atoms with Crippen LogP contribution in [0.5, 0.6) is 0 Å². The van der Waals surface area contributed by atoms with Gasteiger partial charge in [-0.15, -0.1) is 0 Å². The lowest BCUT2D eigenvalue weighted by Crippen LogP contribution is -2.33. The standard InChI is InChI=1S/C21H26N5O8P/c1-3-31-21(29)35(30,32-10-9-15-7-5-4-6-8-15)33-13-17-16(24-25-22)11-18(34-17)26-12-14(2)19(27)23-20(26)28/h4-8,12,16-18H,3,9-11,13H2,1-2H3,(H,23,27,28)/t16-,17+,18+,35?/m0/s1. The molecule has 188 valence electrons. The first-order valence-corrected chi connectivity index (χ1v) is 12.4. The normalized spacial score (nSPS) is 21.1. The zero-order chi connectivity index (χ0) is 25.4. The first kappa shape index (κ1) is 26.4. The monoisotopic (exact) mass is 507 g/mol. The van der Waals surface area contributed by atoms with E-state index in [2.05, 4.69) is 15.0 Å². The van der Waals surface area contributed by atoms with E-state index in [0.717, 1.165) is 10.1 Å². The van der Waals surface area contributed by atoms with Crippen molar-refractivity contribution in [1.29, 1.82) is 0 Å². The SMILES string of the molecule is CCOC(=O)P(=O)(OCCc1ccccc1)OC[C@H]1O[C@@H](n2cc(C)c(=O)[nH]c2=O)C[C@@H]1N=[N+]=[N-]. The quantitative estimate of drug-likeness (QED) is 0.208. The number of carbonyl (C=O) groups excluding carboxylic acids is 1. The van der Waals surface area contributed by atoms with Gasteiger partial charge in [0.05, 0.1) is 32.0 Å². The van der Waals surface area contributed by atoms with Crippen molar-refractivity contribution in [1.82, 2.24) is 9.55 Å². The Bertz CT molecular complexity index is 1240. The number of nitrogens with one attached hydrogen (secondary N) is 1. The van der Waals surface area contributed by atoms with Crippen molar-refractivity contribution < 1.29 is 27.9 Å². The number of azide groups is 1. The predicted octanol–water partition coefficient (Wildman–Crippen LogP) is 3.44. The molecule has 0 spiro atoms. The van der Waals surface area contributed by atoms with Gasteiger partial charge in [-0.2, -0.15) is 0 Å². The van der Waals surface area contributed by atoms with E-state index in [1.165, 1.54) is 13.1 Å². The molecular formula is C21H26N5O8P. The first-order valence-electron chi connectivity index (χ1n) is 10.9. The number of benzene rings is 1. The summed E-state index contributed by atoms with van der Waals surface area (Å²) in [7, 11) is -4.37. The summed E-state index contributed by atoms with van der Waals surface area (Å²) in [6.45, 7) is 2.54. The summed E-state index contributed by atoms with van der Waals surface area (Å²) < 4.78 is 35.9. The third-order valence-corrected chi connectivity index (χ3v) is 6.84. The number of aryl methyl sites for hydroxylation is 1. The molecule has 0 aliphatic carbocycles. The van der Waals surface area contributed by atoms with Crippen molar-refractivity contribution in [2.75, 3.05) is 19.8 Å². The molecule has 1 N–H and O–H groups in total. The lowest BCUT2D eigenvalue weighted by atomic mass is 10.1. The number of H-pyrrole nitrogens is 1. The Hall–Kier alpha value is -3.21. The third kappa shape index (κ3) is 6.68. The number of aromatic amines is 1. The van der Waals surface area contributed by atoms with E-state index in [9.17, 15) is 18.9 Å². The van der Waals surface area contributed by atoms with E-state index >= 15 is 0 Å². The minimum Gasteiger partial charge on any atom is -0.457 e. The second-order valence-electron chi connectivity index (χ2n) is 7.68. The maximum atomic E-state index is 13.2. The Balaban J connectivity index is 1.73. The van der Waals surface area contributed by atoms with Crippen LogP contribution in [0.1, 0.15) is 30.7 Å². The van der Waals surface area contributed by atoms with Crippen LogP contribution in [0.4, 0.5) is 4.79 Å². The Morgan fingerprint density at radius 3 is 2.74 bits per heavy atom. The summed E-state index contributed by atoms with van der Waals surface area (Å²) in [5.41, 5.74) is 7.76. The summed E-state index contributed by atoms with van der Waals surface area (Å²) in [5, 5.41) is 3.68. The molecule has 35 heavy (non-hydrogen) atoms. The van der Waals surface area contributed by atoms with Crippen molar-refractivity contribution in [2.24, 2.45) is 5.11 Å². The second kappa shape index (κ2) is 12.0. The Kier molecular flexibility index (Phi) is 9.02. The fourth-order valence-corrected chi connectivity index (χ4v) is 4.72. The Labute approximate surface area is 200 Å². The fraction of sp³-hybridized carbons (Fsp3) is 0.476. The summed E-state index contributed by atoms with van der Waals surface area (Å²) in [6, 6.07) is 8.46. The number of carbonyl (C=O) groups is 1. The zero-order valence-corrected chi connectivity index (χ0v) is 20.1. The molecule has 1 fully saturated rings. The van der Waals surface area contributed by atoms with Crippen LogP contribution in [0.2, 0.25) is 0 Å². The number of ether oxygens (including phenoxy) is 2. The molecule has 0 radical (unpaired) electrons. The molecule has 0 saturated carbocycles. The van der Waals surface area contributed by atoms with Gasteiger partial charge in [0.15, 0.2) is 0 Å². The topological polar surface area (TPSA) is 175 Å². The van der Waals surface area contributed by atoms with Crippen LogP contribution < -0.4 is 11.2 Å². The van der Waals surface area contributed by atoms with Crippen molar-refractivity contribution in [3.8, 4) is 0 Å². The lowest BCUT2D eigenvalue weighted by Gasteiger charge is -2.21. The summed E-state index contributed by atoms with van der Waals surface area (Å²) in [4.78, 5) is 41.2. The molecule has 3 rings (SSSR count). The average Bonchev–Trinajstić information content (AvgIpc) is 3.23. The van der Waals surface area contributed by atoms with E-state index in [4.69, 9.17) is 24.1 Å². The minimum absolute atomic E-state index is 0.0357. The Morgan fingerprint density at radius 1 is 1.31 bits per heavy atom. The van der Waals surface area contributed by atoms with Gasteiger partial charge >= 0.3 is 19.0 Å². The highest BCUT2D eigenvalue weighted by atomic mass is 31.2. The molecule has 4 atom stereocenters. The molecule has 1 aliphatic heterocycles. The molecule has 0 amide bonds. The fourth-order valence-electron chi connectivity index (χ4n) is 3.47. The first-order chi connectivity index (χ1) is 16.8. The Morgan fingerprint density at radius 2 is 2.06 bits per heavy atom. The van der Waals surface area contributed by atoms with E-state index < -0.39 is 49.5 Å².